The molecule has 0 saturated carbocycles. The lowest BCUT2D eigenvalue weighted by molar-refractivity contribution is -0.139. The highest BCUT2D eigenvalue weighted by Crippen LogP contribution is 2.38. The maximum absolute atomic E-state index is 13.0. The normalized spacial score (nSPS) is 12.0. The van der Waals surface area contributed by atoms with E-state index in [2.05, 4.69) is 10.5 Å². The van der Waals surface area contributed by atoms with Crippen molar-refractivity contribution in [2.45, 2.75) is 26.1 Å². The first-order valence-electron chi connectivity index (χ1n) is 6.11. The second kappa shape index (κ2) is 6.80. The third kappa shape index (κ3) is 4.66. The number of halogens is 3. The predicted octanol–water partition coefficient (Wildman–Crippen LogP) is 2.72. The fourth-order valence-electron chi connectivity index (χ4n) is 1.44. The molecular weight excluding hydrogens is 299 g/mol. The number of alkyl halides is 3. The molecule has 0 spiro atoms. The van der Waals surface area contributed by atoms with E-state index >= 15 is 0 Å². The first-order chi connectivity index (χ1) is 10.1. The van der Waals surface area contributed by atoms with Gasteiger partial charge in [0.15, 0.2) is 5.84 Å². The summed E-state index contributed by atoms with van der Waals surface area (Å²) in [5.74, 6) is -0.894. The summed E-state index contributed by atoms with van der Waals surface area (Å²) in [7, 11) is 0. The molecule has 0 amide bonds. The molecule has 0 bridgehead atoms. The minimum Gasteiger partial charge on any atom is -0.490 e. The lowest BCUT2D eigenvalue weighted by Crippen LogP contribution is -2.22. The fraction of sp³-hybridized carbons (Fsp3) is 0.308. The van der Waals surface area contributed by atoms with Crippen molar-refractivity contribution in [3.63, 3.8) is 0 Å². The highest BCUT2D eigenvalue weighted by atomic mass is 19.4. The molecule has 1 aromatic rings. The Balaban J connectivity index is 3.15. The fourth-order valence-corrected chi connectivity index (χ4v) is 1.44. The van der Waals surface area contributed by atoms with Gasteiger partial charge in [0, 0.05) is 0 Å². The lowest BCUT2D eigenvalue weighted by atomic mass is 10.1. The van der Waals surface area contributed by atoms with Crippen molar-refractivity contribution in [3.8, 4) is 11.8 Å². The Bertz CT molecular complexity index is 632. The van der Waals surface area contributed by atoms with Crippen LogP contribution in [0.4, 0.5) is 18.9 Å². The quantitative estimate of drug-likeness (QED) is 0.441. The van der Waals surface area contributed by atoms with E-state index in [0.29, 0.717) is 0 Å². The van der Waals surface area contributed by atoms with Gasteiger partial charge in [0.25, 0.3) is 0 Å². The minimum absolute atomic E-state index is 0.0163. The second-order valence-corrected chi connectivity index (χ2v) is 4.47. The highest BCUT2D eigenvalue weighted by molar-refractivity contribution is 6.45. The summed E-state index contributed by atoms with van der Waals surface area (Å²) >= 11 is 0. The van der Waals surface area contributed by atoms with Gasteiger partial charge in [0.2, 0.25) is 5.71 Å². The summed E-state index contributed by atoms with van der Waals surface area (Å²) in [4.78, 5) is 0. The Hall–Kier alpha value is -2.76. The smallest absolute Gasteiger partial charge is 0.420 e. The van der Waals surface area contributed by atoms with Crippen LogP contribution >= 0.6 is 0 Å². The highest BCUT2D eigenvalue weighted by Gasteiger charge is 2.35. The van der Waals surface area contributed by atoms with E-state index in [0.717, 1.165) is 12.1 Å². The van der Waals surface area contributed by atoms with E-state index in [1.54, 1.807) is 19.9 Å². The molecule has 0 saturated heterocycles. The van der Waals surface area contributed by atoms with Crippen molar-refractivity contribution in [2.75, 3.05) is 5.43 Å². The van der Waals surface area contributed by atoms with Crippen molar-refractivity contribution in [2.24, 2.45) is 10.8 Å². The summed E-state index contributed by atoms with van der Waals surface area (Å²) in [6, 6.07) is 4.81. The van der Waals surface area contributed by atoms with Crippen LogP contribution in [0.3, 0.4) is 0 Å². The number of hydrogen-bond acceptors (Lipinski definition) is 5. The van der Waals surface area contributed by atoms with E-state index in [1.807, 2.05) is 0 Å². The molecule has 1 aromatic carbocycles. The van der Waals surface area contributed by atoms with Crippen LogP contribution < -0.4 is 15.9 Å². The molecule has 0 aliphatic rings. The van der Waals surface area contributed by atoms with Crippen molar-refractivity contribution in [1.82, 2.24) is 0 Å². The number of benzene rings is 1. The molecule has 6 nitrogen and oxygen atoms in total. The van der Waals surface area contributed by atoms with E-state index in [4.69, 9.17) is 21.1 Å². The molecule has 0 radical (unpaired) electrons. The van der Waals surface area contributed by atoms with Gasteiger partial charge in [-0.1, -0.05) is 0 Å². The lowest BCUT2D eigenvalue weighted by Gasteiger charge is -2.17. The molecular formula is C13H14F3N5O. The van der Waals surface area contributed by atoms with Crippen LogP contribution in [-0.2, 0) is 6.18 Å². The summed E-state index contributed by atoms with van der Waals surface area (Å²) < 4.78 is 44.2. The van der Waals surface area contributed by atoms with E-state index in [9.17, 15) is 13.2 Å². The molecule has 118 valence electrons. The average molecular weight is 313 g/mol. The molecule has 0 aliphatic heterocycles. The molecule has 0 atom stereocenters. The number of rotatable bonds is 5. The van der Waals surface area contributed by atoms with Crippen molar-refractivity contribution >= 4 is 17.2 Å². The maximum Gasteiger partial charge on any atom is 0.420 e. The first kappa shape index (κ1) is 17.3. The monoisotopic (exact) mass is 313 g/mol. The van der Waals surface area contributed by atoms with Crippen molar-refractivity contribution in [3.05, 3.63) is 23.8 Å². The van der Waals surface area contributed by atoms with Crippen molar-refractivity contribution < 1.29 is 17.9 Å². The van der Waals surface area contributed by atoms with Crippen LogP contribution in [0.15, 0.2) is 23.3 Å². The van der Waals surface area contributed by atoms with Gasteiger partial charge in [-0.2, -0.15) is 23.5 Å². The van der Waals surface area contributed by atoms with Gasteiger partial charge < -0.3 is 10.5 Å². The zero-order valence-electron chi connectivity index (χ0n) is 11.8. The van der Waals surface area contributed by atoms with Gasteiger partial charge in [0.05, 0.1) is 17.4 Å². The second-order valence-electron chi connectivity index (χ2n) is 4.47. The number of nitriles is 1. The Morgan fingerprint density at radius 2 is 2.09 bits per heavy atom. The van der Waals surface area contributed by atoms with E-state index in [1.165, 1.54) is 6.07 Å². The van der Waals surface area contributed by atoms with Crippen LogP contribution in [0.1, 0.15) is 19.4 Å². The molecule has 1 rings (SSSR count). The predicted molar refractivity (Wildman–Crippen MR) is 75.8 cm³/mol. The molecule has 22 heavy (non-hydrogen) atoms. The zero-order valence-corrected chi connectivity index (χ0v) is 11.8. The topological polar surface area (TPSA) is 107 Å². The maximum atomic E-state index is 13.0. The molecule has 0 aliphatic carbocycles. The number of hydrazone groups is 1. The van der Waals surface area contributed by atoms with Gasteiger partial charge in [-0.05, 0) is 32.0 Å². The third-order valence-electron chi connectivity index (χ3n) is 2.31. The molecule has 0 heterocycles. The Kier molecular flexibility index (Phi) is 5.34. The first-order valence-corrected chi connectivity index (χ1v) is 6.11. The van der Waals surface area contributed by atoms with Crippen LogP contribution in [0.5, 0.6) is 5.75 Å². The molecule has 0 aromatic heterocycles. The number of nitrogens with zero attached hydrogens (tertiary/aromatic N) is 2. The zero-order chi connectivity index (χ0) is 16.9. The number of amidine groups is 1. The average Bonchev–Trinajstić information content (AvgIpc) is 2.38. The number of nitrogens with one attached hydrogen (secondary N) is 2. The van der Waals surface area contributed by atoms with Gasteiger partial charge in [-0.25, -0.2) is 0 Å². The molecule has 0 unspecified atom stereocenters. The van der Waals surface area contributed by atoms with Gasteiger partial charge in [-0.3, -0.25) is 10.8 Å². The Morgan fingerprint density at radius 1 is 1.45 bits per heavy atom. The SMILES string of the molecule is CC(C)Oc1ccc(N/N=C(\C#N)C(=N)N)cc1C(F)(F)F. The van der Waals surface area contributed by atoms with Crippen molar-refractivity contribution in [1.29, 1.82) is 10.7 Å². The molecule has 9 heteroatoms. The Morgan fingerprint density at radius 3 is 2.55 bits per heavy atom. The number of nitrogens with two attached hydrogens (primary N) is 1. The van der Waals surface area contributed by atoms with Crippen LogP contribution in [-0.4, -0.2) is 17.7 Å². The summed E-state index contributed by atoms with van der Waals surface area (Å²) in [5.41, 5.74) is 5.92. The Labute approximate surface area is 124 Å². The van der Waals surface area contributed by atoms with E-state index < -0.39 is 29.4 Å². The summed E-state index contributed by atoms with van der Waals surface area (Å²) in [6.07, 6.45) is -5.02. The van der Waals surface area contributed by atoms with Gasteiger partial charge >= 0.3 is 6.18 Å². The van der Waals surface area contributed by atoms with Gasteiger partial charge in [0.1, 0.15) is 11.8 Å². The number of anilines is 1. The largest absolute Gasteiger partial charge is 0.490 e. The van der Waals surface area contributed by atoms with Crippen LogP contribution in [0, 0.1) is 16.7 Å². The van der Waals surface area contributed by atoms with Gasteiger partial charge in [-0.15, -0.1) is 0 Å². The number of hydrogen-bond donors (Lipinski definition) is 3. The van der Waals surface area contributed by atoms with Crippen LogP contribution in [0.25, 0.3) is 0 Å². The minimum atomic E-state index is -4.61. The molecule has 4 N–H and O–H groups in total. The van der Waals surface area contributed by atoms with Crippen LogP contribution in [0.2, 0.25) is 0 Å². The van der Waals surface area contributed by atoms with E-state index in [-0.39, 0.29) is 11.4 Å². The number of ether oxygens (including phenoxy) is 1. The summed E-state index contributed by atoms with van der Waals surface area (Å²) in [5, 5.41) is 19.2. The third-order valence-corrected chi connectivity index (χ3v) is 2.31. The molecule has 0 fully saturated rings. The summed E-state index contributed by atoms with van der Waals surface area (Å²) in [6.45, 7) is 3.23. The standard InChI is InChI=1S/C13H14F3N5O/c1-7(2)22-11-4-3-8(5-9(11)13(14,15)16)20-21-10(6-17)12(18)19/h3-5,7,20H,1-2H3,(H3,18,19)/b21-10+.